The van der Waals surface area contributed by atoms with Crippen molar-refractivity contribution < 1.29 is 28.1 Å². The molecule has 2 N–H and O–H groups in total. The number of hydrogen-bond acceptors (Lipinski definition) is 9. The molecule has 0 saturated carbocycles. The van der Waals surface area contributed by atoms with E-state index >= 15 is 0 Å². The molecule has 0 radical (unpaired) electrons. The lowest BCUT2D eigenvalue weighted by atomic mass is 10.1. The minimum Gasteiger partial charge on any atom is -0.491 e. The summed E-state index contributed by atoms with van der Waals surface area (Å²) in [6, 6.07) is 7.88. The molecule has 6 rings (SSSR count). The zero-order valence-electron chi connectivity index (χ0n) is 22.4. The van der Waals surface area contributed by atoms with Crippen molar-refractivity contribution in [2.75, 3.05) is 63.3 Å². The minimum absolute atomic E-state index is 0.00701. The Hall–Kier alpha value is -3.35. The van der Waals surface area contributed by atoms with E-state index in [1.54, 1.807) is 18.2 Å². The maximum Gasteiger partial charge on any atom is 0.248 e. The van der Waals surface area contributed by atoms with E-state index in [1.807, 2.05) is 6.08 Å². The summed E-state index contributed by atoms with van der Waals surface area (Å²) in [5.74, 6) is 0.441. The molecule has 0 spiro atoms. The molecule has 41 heavy (non-hydrogen) atoms. The van der Waals surface area contributed by atoms with Crippen molar-refractivity contribution in [3.05, 3.63) is 59.7 Å². The van der Waals surface area contributed by atoms with E-state index in [2.05, 4.69) is 25.5 Å². The number of likely N-dealkylation sites (tertiary alicyclic amines) is 1. The Morgan fingerprint density at radius 3 is 2.73 bits per heavy atom. The third-order valence-corrected chi connectivity index (χ3v) is 7.64. The number of carbonyl (C=O) groups excluding carboxylic acids is 1. The molecular weight excluding hydrogens is 553 g/mol. The first kappa shape index (κ1) is 27.8. The molecule has 3 aromatic rings. The summed E-state index contributed by atoms with van der Waals surface area (Å²) in [7, 11) is 0. The predicted octanol–water partition coefficient (Wildman–Crippen LogP) is 4.18. The van der Waals surface area contributed by atoms with E-state index in [-0.39, 0.29) is 29.1 Å². The number of benzene rings is 2. The number of hydrogen-bond donors (Lipinski definition) is 2. The Bertz CT molecular complexity index is 1420. The highest BCUT2D eigenvalue weighted by Gasteiger charge is 2.35. The monoisotopic (exact) mass is 583 g/mol. The molecule has 3 saturated heterocycles. The second-order valence-electron chi connectivity index (χ2n) is 10.3. The zero-order chi connectivity index (χ0) is 28.2. The second-order valence-corrected chi connectivity index (χ2v) is 10.7. The fourth-order valence-corrected chi connectivity index (χ4v) is 5.38. The highest BCUT2D eigenvalue weighted by molar-refractivity contribution is 6.31. The fraction of sp³-hybridized carbons (Fsp3) is 0.414. The first-order chi connectivity index (χ1) is 20.0. The predicted molar refractivity (Wildman–Crippen MR) is 152 cm³/mol. The minimum atomic E-state index is -0.512. The van der Waals surface area contributed by atoms with Crippen LogP contribution in [0.3, 0.4) is 0 Å². The van der Waals surface area contributed by atoms with Gasteiger partial charge in [0.15, 0.2) is 0 Å². The summed E-state index contributed by atoms with van der Waals surface area (Å²) in [6.07, 6.45) is 5.87. The first-order valence-corrected chi connectivity index (χ1v) is 14.0. The van der Waals surface area contributed by atoms with Crippen molar-refractivity contribution in [3.63, 3.8) is 0 Å². The Morgan fingerprint density at radius 1 is 1.15 bits per heavy atom. The smallest absolute Gasteiger partial charge is 0.248 e. The van der Waals surface area contributed by atoms with Crippen LogP contribution >= 0.6 is 11.6 Å². The van der Waals surface area contributed by atoms with Crippen LogP contribution in [0.5, 0.6) is 5.75 Å². The van der Waals surface area contributed by atoms with Gasteiger partial charge in [-0.3, -0.25) is 9.69 Å². The number of fused-ring (bicyclic) bond motifs is 2. The van der Waals surface area contributed by atoms with Gasteiger partial charge in [-0.2, -0.15) is 0 Å². The molecule has 1 aromatic heterocycles. The first-order valence-electron chi connectivity index (χ1n) is 13.7. The van der Waals surface area contributed by atoms with Crippen molar-refractivity contribution >= 4 is 45.6 Å². The van der Waals surface area contributed by atoms with Crippen LogP contribution < -0.4 is 15.4 Å². The maximum atomic E-state index is 13.7. The molecule has 0 unspecified atom stereocenters. The van der Waals surface area contributed by atoms with Gasteiger partial charge in [-0.15, -0.1) is 0 Å². The summed E-state index contributed by atoms with van der Waals surface area (Å²) >= 11 is 5.96. The van der Waals surface area contributed by atoms with Crippen molar-refractivity contribution in [1.29, 1.82) is 0 Å². The number of anilines is 3. The normalized spacial score (nSPS) is 22.7. The Balaban J connectivity index is 1.20. The van der Waals surface area contributed by atoms with Crippen LogP contribution in [0.2, 0.25) is 5.02 Å². The lowest BCUT2D eigenvalue weighted by Gasteiger charge is -2.24. The number of nitrogens with zero attached hydrogens (tertiary/aromatic N) is 3. The van der Waals surface area contributed by atoms with Crippen LogP contribution in [-0.4, -0.2) is 85.7 Å². The SMILES string of the molecule is O=C(/C=C/CN1C[C@@H]2OCCO[C@@H]2C1)Nc1cc2c(Nc3ccc(F)c(Cl)c3)ncnc2cc1OC[C@H]1CCOC1. The van der Waals surface area contributed by atoms with Gasteiger partial charge in [-0.25, -0.2) is 14.4 Å². The summed E-state index contributed by atoms with van der Waals surface area (Å²) in [5, 5.41) is 6.76. The molecule has 1 amide bonds. The summed E-state index contributed by atoms with van der Waals surface area (Å²) in [4.78, 5) is 24.0. The fourth-order valence-electron chi connectivity index (χ4n) is 5.20. The van der Waals surface area contributed by atoms with E-state index in [4.69, 9.17) is 30.5 Å². The molecule has 2 aromatic carbocycles. The van der Waals surface area contributed by atoms with Gasteiger partial charge in [0.25, 0.3) is 0 Å². The van der Waals surface area contributed by atoms with Crippen LogP contribution in [0.4, 0.5) is 21.6 Å². The van der Waals surface area contributed by atoms with Gasteiger partial charge in [-0.05, 0) is 30.7 Å². The number of halogens is 2. The Kier molecular flexibility index (Phi) is 8.59. The Morgan fingerprint density at radius 2 is 1.98 bits per heavy atom. The van der Waals surface area contributed by atoms with E-state index in [1.165, 1.54) is 24.5 Å². The number of ether oxygens (including phenoxy) is 4. The highest BCUT2D eigenvalue weighted by atomic mass is 35.5. The van der Waals surface area contributed by atoms with Gasteiger partial charge < -0.3 is 29.6 Å². The van der Waals surface area contributed by atoms with Crippen LogP contribution in [0.1, 0.15) is 6.42 Å². The van der Waals surface area contributed by atoms with E-state index in [0.29, 0.717) is 73.4 Å². The van der Waals surface area contributed by atoms with Crippen molar-refractivity contribution in [2.45, 2.75) is 18.6 Å². The molecule has 4 heterocycles. The maximum absolute atomic E-state index is 13.7. The van der Waals surface area contributed by atoms with Gasteiger partial charge in [0, 0.05) is 55.4 Å². The van der Waals surface area contributed by atoms with Crippen LogP contribution in [0.25, 0.3) is 10.9 Å². The third-order valence-electron chi connectivity index (χ3n) is 7.35. The average molecular weight is 584 g/mol. The van der Waals surface area contributed by atoms with Crippen LogP contribution in [0, 0.1) is 11.7 Å². The number of rotatable bonds is 9. The topological polar surface area (TPSA) is 107 Å². The molecule has 3 aliphatic heterocycles. The van der Waals surface area contributed by atoms with E-state index in [9.17, 15) is 9.18 Å². The van der Waals surface area contributed by atoms with Crippen molar-refractivity contribution in [2.24, 2.45) is 5.92 Å². The molecular formula is C29H31ClFN5O5. The quantitative estimate of drug-likeness (QED) is 0.359. The van der Waals surface area contributed by atoms with Crippen molar-refractivity contribution in [1.82, 2.24) is 14.9 Å². The van der Waals surface area contributed by atoms with Crippen LogP contribution in [-0.2, 0) is 19.0 Å². The molecule has 3 atom stereocenters. The zero-order valence-corrected chi connectivity index (χ0v) is 23.1. The lowest BCUT2D eigenvalue weighted by molar-refractivity contribution is -0.116. The molecule has 216 valence electrons. The molecule has 3 fully saturated rings. The number of amides is 1. The van der Waals surface area contributed by atoms with Gasteiger partial charge in [0.1, 0.15) is 23.7 Å². The van der Waals surface area contributed by atoms with Gasteiger partial charge in [0.05, 0.1) is 54.9 Å². The summed E-state index contributed by atoms with van der Waals surface area (Å²) < 4.78 is 36.9. The summed E-state index contributed by atoms with van der Waals surface area (Å²) in [6.45, 7) is 5.22. The average Bonchev–Trinajstić information content (AvgIpc) is 3.64. The molecule has 10 nitrogen and oxygen atoms in total. The lowest BCUT2D eigenvalue weighted by Crippen LogP contribution is -2.36. The number of aromatic nitrogens is 2. The summed E-state index contributed by atoms with van der Waals surface area (Å²) in [5.41, 5.74) is 1.65. The van der Waals surface area contributed by atoms with Gasteiger partial charge >= 0.3 is 0 Å². The number of nitrogens with one attached hydrogen (secondary N) is 2. The number of carbonyl (C=O) groups is 1. The second kappa shape index (κ2) is 12.7. The molecule has 3 aliphatic rings. The highest BCUT2D eigenvalue weighted by Crippen LogP contribution is 2.34. The molecule has 0 aliphatic carbocycles. The van der Waals surface area contributed by atoms with E-state index < -0.39 is 5.82 Å². The third kappa shape index (κ3) is 6.77. The van der Waals surface area contributed by atoms with E-state index in [0.717, 1.165) is 19.5 Å². The standard InChI is InChI=1S/C29H31ClFN5O5/c30-21-10-19(3-4-22(21)31)34-29-20-11-24(25(12-23(20)32-17-33-29)41-16-18-5-7-38-15-18)35-28(37)2-1-6-36-13-26-27(14-36)40-9-8-39-26/h1-4,10-12,17-18,26-27H,5-9,13-16H2,(H,35,37)(H,32,33,34)/b2-1+/t18-,26-,27+/m0/s1. The molecule has 12 heteroatoms. The Labute approximate surface area is 241 Å². The van der Waals surface area contributed by atoms with Crippen molar-refractivity contribution in [3.8, 4) is 5.75 Å². The van der Waals surface area contributed by atoms with Gasteiger partial charge in [-0.1, -0.05) is 17.7 Å². The van der Waals surface area contributed by atoms with Crippen LogP contribution in [0.15, 0.2) is 48.8 Å². The van der Waals surface area contributed by atoms with Gasteiger partial charge in [0.2, 0.25) is 5.91 Å². The largest absolute Gasteiger partial charge is 0.491 e. The molecule has 0 bridgehead atoms.